The summed E-state index contributed by atoms with van der Waals surface area (Å²) in [7, 11) is -2.97. The van der Waals surface area contributed by atoms with E-state index in [1.807, 2.05) is 10.8 Å². The van der Waals surface area contributed by atoms with E-state index in [2.05, 4.69) is 21.0 Å². The molecule has 0 amide bonds. The standard InChI is InChI=1S/C12H11BrN2O3S2/c13-11-6-19-5-10(11)12-8(4-16)3-15(14-12)9-1-2-20(17,18)7-9/h3-6,9H,1-2,7H2. The van der Waals surface area contributed by atoms with Gasteiger partial charge in [-0.1, -0.05) is 0 Å². The molecule has 8 heteroatoms. The van der Waals surface area contributed by atoms with Gasteiger partial charge in [-0.3, -0.25) is 9.48 Å². The molecule has 1 atom stereocenters. The summed E-state index contributed by atoms with van der Waals surface area (Å²) in [4.78, 5) is 11.2. The highest BCUT2D eigenvalue weighted by Gasteiger charge is 2.30. The summed E-state index contributed by atoms with van der Waals surface area (Å²) in [6, 6.07) is -0.176. The average Bonchev–Trinajstić information content (AvgIpc) is 3.06. The maximum atomic E-state index is 11.5. The Morgan fingerprint density at radius 3 is 2.80 bits per heavy atom. The number of halogens is 1. The molecule has 2 aromatic heterocycles. The van der Waals surface area contributed by atoms with Crippen LogP contribution >= 0.6 is 27.3 Å². The second-order valence-electron chi connectivity index (χ2n) is 4.72. The number of hydrogen-bond donors (Lipinski definition) is 0. The van der Waals surface area contributed by atoms with Crippen molar-refractivity contribution >= 4 is 43.4 Å². The molecule has 3 rings (SSSR count). The van der Waals surface area contributed by atoms with Crippen molar-refractivity contribution in [3.05, 3.63) is 27.0 Å². The smallest absolute Gasteiger partial charge is 0.153 e. The molecule has 0 aliphatic carbocycles. The van der Waals surface area contributed by atoms with Crippen LogP contribution in [-0.2, 0) is 9.84 Å². The highest BCUT2D eigenvalue weighted by atomic mass is 79.9. The van der Waals surface area contributed by atoms with Crippen molar-refractivity contribution in [3.8, 4) is 11.3 Å². The van der Waals surface area contributed by atoms with Crippen molar-refractivity contribution < 1.29 is 13.2 Å². The molecule has 1 aliphatic heterocycles. The maximum absolute atomic E-state index is 11.5. The number of carbonyl (C=O) groups is 1. The molecule has 3 heterocycles. The topological polar surface area (TPSA) is 69.0 Å². The largest absolute Gasteiger partial charge is 0.298 e. The Labute approximate surface area is 128 Å². The molecule has 0 saturated carbocycles. The fourth-order valence-corrected chi connectivity index (χ4v) is 5.49. The first-order chi connectivity index (χ1) is 9.50. The summed E-state index contributed by atoms with van der Waals surface area (Å²) in [5, 5.41) is 8.26. The maximum Gasteiger partial charge on any atom is 0.153 e. The van der Waals surface area contributed by atoms with Crippen molar-refractivity contribution in [1.82, 2.24) is 9.78 Å². The molecule has 106 valence electrons. The first kappa shape index (κ1) is 14.0. The number of nitrogens with zero attached hydrogens (tertiary/aromatic N) is 2. The fraction of sp³-hybridized carbons (Fsp3) is 0.333. The van der Waals surface area contributed by atoms with E-state index < -0.39 is 9.84 Å². The number of hydrogen-bond acceptors (Lipinski definition) is 5. The van der Waals surface area contributed by atoms with Crippen LogP contribution in [0.5, 0.6) is 0 Å². The summed E-state index contributed by atoms with van der Waals surface area (Å²) >= 11 is 4.94. The molecule has 1 fully saturated rings. The van der Waals surface area contributed by atoms with Gasteiger partial charge < -0.3 is 0 Å². The number of rotatable bonds is 3. The van der Waals surface area contributed by atoms with Crippen LogP contribution < -0.4 is 0 Å². The van der Waals surface area contributed by atoms with Crippen LogP contribution in [0.15, 0.2) is 21.4 Å². The third kappa shape index (κ3) is 2.47. The zero-order chi connectivity index (χ0) is 14.3. The normalized spacial score (nSPS) is 21.1. The van der Waals surface area contributed by atoms with Crippen molar-refractivity contribution in [2.45, 2.75) is 12.5 Å². The van der Waals surface area contributed by atoms with E-state index in [1.165, 1.54) is 11.3 Å². The van der Waals surface area contributed by atoms with Crippen molar-refractivity contribution in [3.63, 3.8) is 0 Å². The molecule has 0 bridgehead atoms. The number of aromatic nitrogens is 2. The van der Waals surface area contributed by atoms with Gasteiger partial charge in [0.25, 0.3) is 0 Å². The highest BCUT2D eigenvalue weighted by molar-refractivity contribution is 9.10. The van der Waals surface area contributed by atoms with Crippen LogP contribution in [0.4, 0.5) is 0 Å². The molecule has 2 aromatic rings. The summed E-state index contributed by atoms with van der Waals surface area (Å²) in [6.45, 7) is 0. The predicted molar refractivity (Wildman–Crippen MR) is 80.9 cm³/mol. The van der Waals surface area contributed by atoms with Crippen LogP contribution in [0.1, 0.15) is 22.8 Å². The third-order valence-corrected chi connectivity index (χ3v) is 6.79. The Morgan fingerprint density at radius 1 is 1.45 bits per heavy atom. The minimum absolute atomic E-state index is 0.0945. The third-order valence-electron chi connectivity index (χ3n) is 3.34. The number of thiophene rings is 1. The Bertz CT molecular complexity index is 764. The molecule has 0 radical (unpaired) electrons. The molecule has 0 N–H and O–H groups in total. The quantitative estimate of drug-likeness (QED) is 0.774. The summed E-state index contributed by atoms with van der Waals surface area (Å²) in [6.07, 6.45) is 2.94. The van der Waals surface area contributed by atoms with Gasteiger partial charge >= 0.3 is 0 Å². The molecule has 1 saturated heterocycles. The molecule has 1 unspecified atom stereocenters. The van der Waals surface area contributed by atoms with Crippen molar-refractivity contribution in [1.29, 1.82) is 0 Å². The summed E-state index contributed by atoms with van der Waals surface area (Å²) in [5.41, 5.74) is 1.93. The van der Waals surface area contributed by atoms with Gasteiger partial charge in [0, 0.05) is 27.0 Å². The van der Waals surface area contributed by atoms with Gasteiger partial charge in [-0.15, -0.1) is 0 Å². The Morgan fingerprint density at radius 2 is 2.25 bits per heavy atom. The Kier molecular flexibility index (Phi) is 3.55. The Balaban J connectivity index is 2.02. The second kappa shape index (κ2) is 5.09. The van der Waals surface area contributed by atoms with E-state index in [1.54, 1.807) is 10.9 Å². The predicted octanol–water partition coefficient (Wildman–Crippen LogP) is 2.55. The second-order valence-corrected chi connectivity index (χ2v) is 8.55. The number of carbonyl (C=O) groups excluding carboxylic acids is 1. The molecule has 20 heavy (non-hydrogen) atoms. The first-order valence-electron chi connectivity index (χ1n) is 5.97. The number of aldehydes is 1. The fourth-order valence-electron chi connectivity index (χ4n) is 2.32. The number of sulfone groups is 1. The highest BCUT2D eigenvalue weighted by Crippen LogP contribution is 2.33. The lowest BCUT2D eigenvalue weighted by Gasteiger charge is -2.07. The molecular weight excluding hydrogens is 364 g/mol. The van der Waals surface area contributed by atoms with E-state index in [-0.39, 0.29) is 17.5 Å². The minimum atomic E-state index is -2.97. The Hall–Kier alpha value is -0.990. The van der Waals surface area contributed by atoms with Crippen LogP contribution in [-0.4, -0.2) is 36.0 Å². The van der Waals surface area contributed by atoms with E-state index in [9.17, 15) is 13.2 Å². The molecule has 0 aromatic carbocycles. The minimum Gasteiger partial charge on any atom is -0.298 e. The van der Waals surface area contributed by atoms with Crippen LogP contribution in [0, 0.1) is 0 Å². The van der Waals surface area contributed by atoms with Crippen LogP contribution in [0.25, 0.3) is 11.3 Å². The van der Waals surface area contributed by atoms with E-state index in [0.29, 0.717) is 17.7 Å². The SMILES string of the molecule is O=Cc1cn(C2CCS(=O)(=O)C2)nc1-c1cscc1Br. The molecule has 0 spiro atoms. The molecular formula is C12H11BrN2O3S2. The van der Waals surface area contributed by atoms with Gasteiger partial charge in [0.1, 0.15) is 5.69 Å². The molecule has 1 aliphatic rings. The van der Waals surface area contributed by atoms with Gasteiger partial charge in [0.2, 0.25) is 0 Å². The lowest BCUT2D eigenvalue weighted by atomic mass is 10.2. The van der Waals surface area contributed by atoms with Gasteiger partial charge in [-0.25, -0.2) is 8.42 Å². The van der Waals surface area contributed by atoms with Gasteiger partial charge in [0.05, 0.1) is 23.1 Å². The van der Waals surface area contributed by atoms with Crippen molar-refractivity contribution in [2.24, 2.45) is 0 Å². The molecule has 5 nitrogen and oxygen atoms in total. The van der Waals surface area contributed by atoms with Crippen LogP contribution in [0.3, 0.4) is 0 Å². The zero-order valence-corrected chi connectivity index (χ0v) is 13.5. The lowest BCUT2D eigenvalue weighted by Crippen LogP contribution is -2.11. The summed E-state index contributed by atoms with van der Waals surface area (Å²) in [5.74, 6) is 0.280. The van der Waals surface area contributed by atoms with Gasteiger partial charge in [-0.2, -0.15) is 16.4 Å². The summed E-state index contributed by atoms with van der Waals surface area (Å²) < 4.78 is 25.6. The van der Waals surface area contributed by atoms with Gasteiger partial charge in [0.15, 0.2) is 16.1 Å². The van der Waals surface area contributed by atoms with E-state index in [4.69, 9.17) is 0 Å². The lowest BCUT2D eigenvalue weighted by molar-refractivity contribution is 0.112. The van der Waals surface area contributed by atoms with Gasteiger partial charge in [-0.05, 0) is 22.4 Å². The first-order valence-corrected chi connectivity index (χ1v) is 9.53. The monoisotopic (exact) mass is 374 g/mol. The van der Waals surface area contributed by atoms with E-state index >= 15 is 0 Å². The van der Waals surface area contributed by atoms with Crippen molar-refractivity contribution in [2.75, 3.05) is 11.5 Å². The average molecular weight is 375 g/mol. The zero-order valence-electron chi connectivity index (χ0n) is 10.3. The van der Waals surface area contributed by atoms with Crippen LogP contribution in [0.2, 0.25) is 0 Å². The van der Waals surface area contributed by atoms with E-state index in [0.717, 1.165) is 16.3 Å².